The van der Waals surface area contributed by atoms with Crippen molar-refractivity contribution < 1.29 is 4.79 Å². The Morgan fingerprint density at radius 1 is 1.83 bits per heavy atom. The Hall–Kier alpha value is -1.92. The Bertz CT molecular complexity index is 318. The summed E-state index contributed by atoms with van der Waals surface area (Å²) in [6.07, 6.45) is 1.16. The van der Waals surface area contributed by atoms with E-state index in [0.717, 1.165) is 11.0 Å². The first-order valence-electron chi connectivity index (χ1n) is 3.09. The molecule has 0 spiro atoms. The van der Waals surface area contributed by atoms with Crippen molar-refractivity contribution in [2.45, 2.75) is 6.92 Å². The third-order valence-corrected chi connectivity index (χ3v) is 1.17. The Morgan fingerprint density at radius 2 is 2.50 bits per heavy atom. The van der Waals surface area contributed by atoms with Crippen molar-refractivity contribution in [2.75, 3.05) is 11.2 Å². The summed E-state index contributed by atoms with van der Waals surface area (Å²) in [6, 6.07) is 0. The maximum Gasteiger partial charge on any atom is 0.222 e. The summed E-state index contributed by atoms with van der Waals surface area (Å²) >= 11 is 0. The van der Waals surface area contributed by atoms with Gasteiger partial charge in [0.2, 0.25) is 5.91 Å². The summed E-state index contributed by atoms with van der Waals surface area (Å²) < 4.78 is 0. The molecule has 7 nitrogen and oxygen atoms in total. The fraction of sp³-hybridized carbons (Fsp3) is 0.200. The quantitative estimate of drug-likeness (QED) is 0.478. The van der Waals surface area contributed by atoms with E-state index in [1.165, 1.54) is 6.92 Å². The highest BCUT2D eigenvalue weighted by Crippen LogP contribution is 2.21. The van der Waals surface area contributed by atoms with E-state index >= 15 is 0 Å². The number of amides is 1. The molecule has 0 saturated carbocycles. The molecule has 1 aromatic rings. The van der Waals surface area contributed by atoms with Crippen LogP contribution in [0.4, 0.5) is 11.5 Å². The van der Waals surface area contributed by atoms with Crippen LogP contribution in [0.3, 0.4) is 0 Å². The van der Waals surface area contributed by atoms with E-state index in [1.54, 1.807) is 0 Å². The van der Waals surface area contributed by atoms with Gasteiger partial charge in [0.25, 0.3) is 0 Å². The van der Waals surface area contributed by atoms with Crippen LogP contribution in [0.15, 0.2) is 11.4 Å². The van der Waals surface area contributed by atoms with Gasteiger partial charge in [0.15, 0.2) is 11.5 Å². The lowest BCUT2D eigenvalue weighted by atomic mass is 10.5. The highest BCUT2D eigenvalue weighted by molar-refractivity contribution is 5.90. The highest BCUT2D eigenvalue weighted by Gasteiger charge is 2.10. The first-order chi connectivity index (χ1) is 5.65. The van der Waals surface area contributed by atoms with Crippen molar-refractivity contribution in [3.05, 3.63) is 11.1 Å². The van der Waals surface area contributed by atoms with Crippen LogP contribution >= 0.6 is 0 Å². The third-order valence-electron chi connectivity index (χ3n) is 1.17. The van der Waals surface area contributed by atoms with E-state index in [0.29, 0.717) is 0 Å². The standard InChI is InChI=1S/C5H7N5O2/c1-3(11)8-5-4(9-12)2-7-10(5)6/h2H,6H2,1H3,(H,8,11). The largest absolute Gasteiger partial charge is 0.321 e. The molecule has 1 amide bonds. The number of hydrogen-bond acceptors (Lipinski definition) is 5. The molecule has 0 aliphatic carbocycles. The average molecular weight is 169 g/mol. The smallest absolute Gasteiger partial charge is 0.222 e. The van der Waals surface area contributed by atoms with Crippen molar-refractivity contribution in [1.82, 2.24) is 9.89 Å². The van der Waals surface area contributed by atoms with Crippen LogP contribution in [0.1, 0.15) is 6.92 Å². The molecule has 0 atom stereocenters. The second-order valence-electron chi connectivity index (χ2n) is 2.10. The summed E-state index contributed by atoms with van der Waals surface area (Å²) in [5.41, 5.74) is 0.00713. The first-order valence-corrected chi connectivity index (χ1v) is 3.09. The van der Waals surface area contributed by atoms with Gasteiger partial charge < -0.3 is 11.2 Å². The minimum absolute atomic E-state index is 0.00713. The number of nitrogens with one attached hydrogen (secondary N) is 1. The van der Waals surface area contributed by atoms with Crippen LogP contribution in [0.5, 0.6) is 0 Å². The monoisotopic (exact) mass is 169 g/mol. The van der Waals surface area contributed by atoms with Crippen LogP contribution < -0.4 is 11.2 Å². The number of aromatic nitrogens is 2. The maximum atomic E-state index is 10.6. The molecular formula is C5H7N5O2. The van der Waals surface area contributed by atoms with Gasteiger partial charge in [-0.1, -0.05) is 0 Å². The molecule has 0 bridgehead atoms. The predicted octanol–water partition coefficient (Wildman–Crippen LogP) is -0.0468. The molecule has 0 aromatic carbocycles. The Balaban J connectivity index is 3.01. The predicted molar refractivity (Wildman–Crippen MR) is 42.1 cm³/mol. The minimum Gasteiger partial charge on any atom is -0.321 e. The number of rotatable bonds is 2. The van der Waals surface area contributed by atoms with Crippen molar-refractivity contribution >= 4 is 17.4 Å². The topological polar surface area (TPSA) is 102 Å². The molecule has 12 heavy (non-hydrogen) atoms. The molecular weight excluding hydrogens is 162 g/mol. The number of nitrogens with two attached hydrogens (primary N) is 1. The molecule has 1 heterocycles. The first kappa shape index (κ1) is 8.18. The number of hydrogen-bond donors (Lipinski definition) is 2. The average Bonchev–Trinajstić information content (AvgIpc) is 2.32. The molecule has 3 N–H and O–H groups in total. The third kappa shape index (κ3) is 1.39. The molecule has 64 valence electrons. The fourth-order valence-electron chi connectivity index (χ4n) is 0.708. The zero-order valence-corrected chi connectivity index (χ0v) is 6.31. The minimum atomic E-state index is -0.341. The van der Waals surface area contributed by atoms with Crippen molar-refractivity contribution in [3.63, 3.8) is 0 Å². The van der Waals surface area contributed by atoms with Crippen molar-refractivity contribution in [3.8, 4) is 0 Å². The number of nitrogens with zero attached hydrogens (tertiary/aromatic N) is 3. The lowest BCUT2D eigenvalue weighted by molar-refractivity contribution is -0.114. The van der Waals surface area contributed by atoms with Crippen LogP contribution in [0, 0.1) is 4.91 Å². The summed E-state index contributed by atoms with van der Waals surface area (Å²) in [4.78, 5) is 21.6. The zero-order chi connectivity index (χ0) is 9.14. The normalized spacial score (nSPS) is 9.42. The van der Waals surface area contributed by atoms with E-state index in [1.807, 2.05) is 0 Å². The van der Waals surface area contributed by atoms with E-state index < -0.39 is 0 Å². The van der Waals surface area contributed by atoms with E-state index in [2.05, 4.69) is 15.6 Å². The number of anilines is 1. The molecule has 1 aromatic heterocycles. The van der Waals surface area contributed by atoms with Gasteiger partial charge in [0.05, 0.1) is 6.20 Å². The SMILES string of the molecule is CC(=O)Nc1c(N=O)cnn1N. The van der Waals surface area contributed by atoms with Crippen molar-refractivity contribution in [2.24, 2.45) is 5.18 Å². The van der Waals surface area contributed by atoms with Gasteiger partial charge in [-0.15, -0.1) is 4.91 Å². The lowest BCUT2D eigenvalue weighted by Gasteiger charge is -2.00. The zero-order valence-electron chi connectivity index (χ0n) is 6.31. The summed E-state index contributed by atoms with van der Waals surface area (Å²) in [7, 11) is 0. The molecule has 0 aliphatic heterocycles. The van der Waals surface area contributed by atoms with Gasteiger partial charge in [-0.25, -0.2) is 0 Å². The van der Waals surface area contributed by atoms with E-state index in [9.17, 15) is 9.70 Å². The molecule has 0 unspecified atom stereocenters. The van der Waals surface area contributed by atoms with Gasteiger partial charge in [0, 0.05) is 6.92 Å². The number of nitrogen functional groups attached to an aromatic ring is 1. The molecule has 0 fully saturated rings. The van der Waals surface area contributed by atoms with Crippen LogP contribution in [0.2, 0.25) is 0 Å². The summed E-state index contributed by atoms with van der Waals surface area (Å²) in [6.45, 7) is 1.29. The lowest BCUT2D eigenvalue weighted by Crippen LogP contribution is -2.17. The van der Waals surface area contributed by atoms with Gasteiger partial charge in [-0.05, 0) is 5.18 Å². The van der Waals surface area contributed by atoms with Crippen LogP contribution in [-0.2, 0) is 4.79 Å². The number of nitroso groups, excluding NO2 is 1. The van der Waals surface area contributed by atoms with E-state index in [-0.39, 0.29) is 17.4 Å². The van der Waals surface area contributed by atoms with Gasteiger partial charge in [-0.3, -0.25) is 4.79 Å². The molecule has 7 heteroatoms. The number of carbonyl (C=O) groups excluding carboxylic acids is 1. The second kappa shape index (κ2) is 2.99. The molecule has 0 aliphatic rings. The Kier molecular flexibility index (Phi) is 2.04. The number of carbonyl (C=O) groups is 1. The Morgan fingerprint density at radius 3 is 3.00 bits per heavy atom. The van der Waals surface area contributed by atoms with Gasteiger partial charge in [0.1, 0.15) is 0 Å². The van der Waals surface area contributed by atoms with Crippen LogP contribution in [0.25, 0.3) is 0 Å². The summed E-state index contributed by atoms with van der Waals surface area (Å²) in [5.74, 6) is 5.01. The summed E-state index contributed by atoms with van der Waals surface area (Å²) in [5, 5.41) is 8.46. The molecule has 0 radical (unpaired) electrons. The molecule has 1 rings (SSSR count). The second-order valence-corrected chi connectivity index (χ2v) is 2.10. The van der Waals surface area contributed by atoms with Gasteiger partial charge >= 0.3 is 0 Å². The van der Waals surface area contributed by atoms with Crippen LogP contribution in [-0.4, -0.2) is 15.8 Å². The van der Waals surface area contributed by atoms with Crippen molar-refractivity contribution in [1.29, 1.82) is 0 Å². The maximum absolute atomic E-state index is 10.6. The molecule has 0 saturated heterocycles. The Labute approximate surface area is 67.5 Å². The van der Waals surface area contributed by atoms with E-state index in [4.69, 9.17) is 5.84 Å². The highest BCUT2D eigenvalue weighted by atomic mass is 16.3. The van der Waals surface area contributed by atoms with Gasteiger partial charge in [-0.2, -0.15) is 9.89 Å². The fourth-order valence-corrected chi connectivity index (χ4v) is 0.708.